The van der Waals surface area contributed by atoms with Gasteiger partial charge in [-0.3, -0.25) is 5.43 Å². The van der Waals surface area contributed by atoms with Gasteiger partial charge in [-0.2, -0.15) is 32.7 Å². The van der Waals surface area contributed by atoms with Crippen molar-refractivity contribution in [2.75, 3.05) is 5.43 Å². The van der Waals surface area contributed by atoms with E-state index < -0.39 is 29.2 Å². The largest absolute Gasteiger partial charge is 0.272 e. The Morgan fingerprint density at radius 1 is 1.00 bits per heavy atom. The van der Waals surface area contributed by atoms with Crippen LogP contribution in [0.5, 0.6) is 0 Å². The van der Waals surface area contributed by atoms with Crippen LogP contribution in [0.25, 0.3) is 5.69 Å². The van der Waals surface area contributed by atoms with Crippen molar-refractivity contribution in [2.45, 2.75) is 13.8 Å². The van der Waals surface area contributed by atoms with Gasteiger partial charge in [-0.05, 0) is 26.0 Å². The van der Waals surface area contributed by atoms with Gasteiger partial charge in [-0.25, -0.2) is 4.68 Å². The van der Waals surface area contributed by atoms with Gasteiger partial charge < -0.3 is 0 Å². The monoisotopic (exact) mass is 363 g/mol. The summed E-state index contributed by atoms with van der Waals surface area (Å²) in [6, 6.07) is 9.33. The molecule has 1 aromatic carbocycles. The Hall–Kier alpha value is -3.23. The van der Waals surface area contributed by atoms with Crippen molar-refractivity contribution >= 4 is 11.9 Å². The van der Waals surface area contributed by atoms with E-state index in [0.717, 1.165) is 11.4 Å². The van der Waals surface area contributed by atoms with Gasteiger partial charge in [0.2, 0.25) is 11.6 Å². The smallest absolute Gasteiger partial charge is 0.254 e. The second kappa shape index (κ2) is 6.95. The molecule has 0 saturated heterocycles. The third-order valence-corrected chi connectivity index (χ3v) is 3.72. The first-order valence-electron chi connectivity index (χ1n) is 7.51. The van der Waals surface area contributed by atoms with Gasteiger partial charge in [-0.15, -0.1) is 0 Å². The van der Waals surface area contributed by atoms with Gasteiger partial charge in [0.15, 0.2) is 0 Å². The fraction of sp³-hybridized carbons (Fsp3) is 0.118. The summed E-state index contributed by atoms with van der Waals surface area (Å²) in [5.41, 5.74) is 3.69. The van der Waals surface area contributed by atoms with Crippen molar-refractivity contribution in [3.63, 3.8) is 0 Å². The molecule has 0 fully saturated rings. The number of aromatic nitrogens is 3. The lowest BCUT2D eigenvalue weighted by molar-refractivity contribution is 0.411. The molecule has 3 aromatic rings. The van der Waals surface area contributed by atoms with Gasteiger partial charge in [0.1, 0.15) is 5.69 Å². The fourth-order valence-electron chi connectivity index (χ4n) is 2.41. The Morgan fingerprint density at radius 3 is 2.23 bits per heavy atom. The molecule has 2 aromatic heterocycles. The Kier molecular flexibility index (Phi) is 4.70. The minimum absolute atomic E-state index is 0.595. The van der Waals surface area contributed by atoms with Crippen molar-refractivity contribution in [3.8, 4) is 5.69 Å². The van der Waals surface area contributed by atoms with E-state index >= 15 is 0 Å². The summed E-state index contributed by atoms with van der Waals surface area (Å²) in [6.45, 7) is 3.53. The Balaban J connectivity index is 1.90. The summed E-state index contributed by atoms with van der Waals surface area (Å²) in [6.07, 6.45) is 1.27. The van der Waals surface area contributed by atoms with Crippen LogP contribution in [0.15, 0.2) is 35.4 Å². The van der Waals surface area contributed by atoms with Crippen LogP contribution in [0.1, 0.15) is 17.0 Å². The van der Waals surface area contributed by atoms with Crippen LogP contribution in [-0.2, 0) is 0 Å². The average molecular weight is 363 g/mol. The van der Waals surface area contributed by atoms with Crippen molar-refractivity contribution in [1.82, 2.24) is 14.8 Å². The number of hydrogen-bond acceptors (Lipinski definition) is 4. The van der Waals surface area contributed by atoms with Crippen LogP contribution < -0.4 is 5.43 Å². The SMILES string of the molecule is Cc1nn(-c2ccccc2)c(C)c1/C=N\Nc1c(F)c(F)nc(F)c1F. The molecule has 0 aliphatic heterocycles. The summed E-state index contributed by atoms with van der Waals surface area (Å²) in [4.78, 5) is 2.48. The van der Waals surface area contributed by atoms with Crippen LogP contribution in [0.3, 0.4) is 0 Å². The van der Waals surface area contributed by atoms with Crippen molar-refractivity contribution in [1.29, 1.82) is 0 Å². The molecule has 0 unspecified atom stereocenters. The Morgan fingerprint density at radius 2 is 1.62 bits per heavy atom. The van der Waals surface area contributed by atoms with E-state index in [1.165, 1.54) is 6.21 Å². The second-order valence-corrected chi connectivity index (χ2v) is 5.40. The highest BCUT2D eigenvalue weighted by molar-refractivity contribution is 5.83. The second-order valence-electron chi connectivity index (χ2n) is 5.40. The summed E-state index contributed by atoms with van der Waals surface area (Å²) < 4.78 is 55.0. The number of nitrogens with zero attached hydrogens (tertiary/aromatic N) is 4. The van der Waals surface area contributed by atoms with Crippen molar-refractivity contribution in [2.24, 2.45) is 5.10 Å². The quantitative estimate of drug-likeness (QED) is 0.331. The fourth-order valence-corrected chi connectivity index (χ4v) is 2.41. The van der Waals surface area contributed by atoms with Crippen molar-refractivity contribution < 1.29 is 17.6 Å². The van der Waals surface area contributed by atoms with Gasteiger partial charge >= 0.3 is 0 Å². The predicted molar refractivity (Wildman–Crippen MR) is 88.3 cm³/mol. The molecule has 0 amide bonds. The first kappa shape index (κ1) is 17.6. The molecule has 3 rings (SSSR count). The number of pyridine rings is 1. The zero-order valence-electron chi connectivity index (χ0n) is 13.8. The molecular weight excluding hydrogens is 350 g/mol. The number of rotatable bonds is 4. The maximum atomic E-state index is 13.6. The molecule has 134 valence electrons. The van der Waals surface area contributed by atoms with E-state index in [-0.39, 0.29) is 0 Å². The number of anilines is 1. The van der Waals surface area contributed by atoms with E-state index in [9.17, 15) is 17.6 Å². The number of hydrazone groups is 1. The third-order valence-electron chi connectivity index (χ3n) is 3.72. The Labute approximate surface area is 146 Å². The zero-order valence-corrected chi connectivity index (χ0v) is 13.8. The van der Waals surface area contributed by atoms with E-state index in [0.29, 0.717) is 11.3 Å². The lowest BCUT2D eigenvalue weighted by atomic mass is 10.2. The minimum atomic E-state index is -1.76. The highest BCUT2D eigenvalue weighted by Gasteiger charge is 2.20. The normalized spacial score (nSPS) is 11.3. The lowest BCUT2D eigenvalue weighted by Crippen LogP contribution is -2.06. The van der Waals surface area contributed by atoms with E-state index in [1.54, 1.807) is 18.5 Å². The number of nitrogens with one attached hydrogen (secondary N) is 1. The molecule has 0 bridgehead atoms. The summed E-state index contributed by atoms with van der Waals surface area (Å²) in [5, 5.41) is 8.06. The molecule has 1 N–H and O–H groups in total. The summed E-state index contributed by atoms with van der Waals surface area (Å²) >= 11 is 0. The lowest BCUT2D eigenvalue weighted by Gasteiger charge is -2.05. The summed E-state index contributed by atoms with van der Waals surface area (Å²) in [5.74, 6) is -6.83. The topological polar surface area (TPSA) is 55.1 Å². The van der Waals surface area contributed by atoms with Crippen LogP contribution in [0, 0.1) is 37.4 Å². The molecule has 2 heterocycles. The van der Waals surface area contributed by atoms with Gasteiger partial charge in [0.25, 0.3) is 11.9 Å². The number of benzene rings is 1. The van der Waals surface area contributed by atoms with E-state index in [1.807, 2.05) is 35.8 Å². The maximum Gasteiger partial charge on any atom is 0.254 e. The summed E-state index contributed by atoms with van der Waals surface area (Å²) in [7, 11) is 0. The molecule has 0 saturated carbocycles. The van der Waals surface area contributed by atoms with Gasteiger partial charge in [0.05, 0.1) is 23.3 Å². The van der Waals surface area contributed by atoms with Crippen LogP contribution in [0.4, 0.5) is 23.2 Å². The van der Waals surface area contributed by atoms with Crippen LogP contribution in [-0.4, -0.2) is 21.0 Å². The minimum Gasteiger partial charge on any atom is -0.272 e. The molecule has 0 aliphatic carbocycles. The Bertz CT molecular complexity index is 957. The molecule has 26 heavy (non-hydrogen) atoms. The zero-order chi connectivity index (χ0) is 18.8. The first-order valence-corrected chi connectivity index (χ1v) is 7.51. The van der Waals surface area contributed by atoms with Crippen LogP contribution in [0.2, 0.25) is 0 Å². The maximum absolute atomic E-state index is 13.6. The predicted octanol–water partition coefficient (Wildman–Crippen LogP) is 3.89. The highest BCUT2D eigenvalue weighted by Crippen LogP contribution is 2.22. The number of aryl methyl sites for hydroxylation is 1. The number of halogens is 4. The van der Waals surface area contributed by atoms with Gasteiger partial charge in [-0.1, -0.05) is 18.2 Å². The standard InChI is InChI=1S/C17H13F4N5/c1-9-12(10(2)26(25-9)11-6-4-3-5-7-11)8-22-24-15-13(18)16(20)23-17(21)14(15)19/h3-8H,1-2H3,(H,23,24)/b22-8-. The molecule has 0 aliphatic rings. The van der Waals surface area contributed by atoms with Gasteiger partial charge in [0, 0.05) is 5.56 Å². The molecule has 0 atom stereocenters. The molecule has 5 nitrogen and oxygen atoms in total. The molecular formula is C17H13F4N5. The molecule has 9 heteroatoms. The van der Waals surface area contributed by atoms with Crippen LogP contribution >= 0.6 is 0 Å². The van der Waals surface area contributed by atoms with Crippen molar-refractivity contribution in [3.05, 3.63) is 70.8 Å². The number of hydrogen-bond donors (Lipinski definition) is 1. The highest BCUT2D eigenvalue weighted by atomic mass is 19.2. The average Bonchev–Trinajstić information content (AvgIpc) is 2.91. The van der Waals surface area contributed by atoms with E-state index in [4.69, 9.17) is 0 Å². The first-order chi connectivity index (χ1) is 12.4. The third kappa shape index (κ3) is 3.15. The number of para-hydroxylation sites is 1. The molecule has 0 radical (unpaired) electrons. The van der Waals surface area contributed by atoms with E-state index in [2.05, 4.69) is 15.2 Å². The molecule has 0 spiro atoms.